The maximum absolute atomic E-state index is 13.1. The number of rotatable bonds is 3. The van der Waals surface area contributed by atoms with E-state index in [0.29, 0.717) is 17.9 Å². The lowest BCUT2D eigenvalue weighted by molar-refractivity contribution is 0.297. The van der Waals surface area contributed by atoms with Gasteiger partial charge in [-0.2, -0.15) is 0 Å². The Morgan fingerprint density at radius 2 is 2.20 bits per heavy atom. The van der Waals surface area contributed by atoms with Gasteiger partial charge in [-0.3, -0.25) is 0 Å². The van der Waals surface area contributed by atoms with Crippen LogP contribution in [0.15, 0.2) is 18.2 Å². The van der Waals surface area contributed by atoms with Crippen molar-refractivity contribution in [3.63, 3.8) is 0 Å². The Bertz CT molecular complexity index is 379. The standard InChI is InChI=1S/C11H11Cl2FO/c1-7-2-3-9(4-10(7)14)15-6-8-5-11(8,12)13/h2-4,8H,5-6H2,1H3. The van der Waals surface area contributed by atoms with E-state index in [1.165, 1.54) is 6.07 Å². The first-order chi connectivity index (χ1) is 6.99. The van der Waals surface area contributed by atoms with E-state index in [2.05, 4.69) is 0 Å². The predicted octanol–water partition coefficient (Wildman–Crippen LogP) is 3.71. The lowest BCUT2D eigenvalue weighted by atomic mass is 10.2. The lowest BCUT2D eigenvalue weighted by Gasteiger charge is -2.06. The number of hydrogen-bond donors (Lipinski definition) is 0. The molecule has 0 heterocycles. The predicted molar refractivity (Wildman–Crippen MR) is 59.2 cm³/mol. The number of benzene rings is 1. The molecule has 0 radical (unpaired) electrons. The van der Waals surface area contributed by atoms with Crippen LogP contribution in [0.1, 0.15) is 12.0 Å². The highest BCUT2D eigenvalue weighted by Gasteiger charge is 2.52. The molecule has 82 valence electrons. The van der Waals surface area contributed by atoms with Gasteiger partial charge in [0.05, 0.1) is 6.61 Å². The Morgan fingerprint density at radius 1 is 1.53 bits per heavy atom. The SMILES string of the molecule is Cc1ccc(OCC2CC2(Cl)Cl)cc1F. The van der Waals surface area contributed by atoms with Crippen LogP contribution in [0.25, 0.3) is 0 Å². The smallest absolute Gasteiger partial charge is 0.129 e. The van der Waals surface area contributed by atoms with Crippen LogP contribution in [-0.4, -0.2) is 10.9 Å². The zero-order valence-corrected chi connectivity index (χ0v) is 9.78. The Hall–Kier alpha value is -0.470. The molecule has 0 aromatic heterocycles. The molecule has 4 heteroatoms. The molecule has 0 bridgehead atoms. The maximum Gasteiger partial charge on any atom is 0.129 e. The largest absolute Gasteiger partial charge is 0.493 e. The monoisotopic (exact) mass is 248 g/mol. The van der Waals surface area contributed by atoms with E-state index in [9.17, 15) is 4.39 Å². The summed E-state index contributed by atoms with van der Waals surface area (Å²) in [5.41, 5.74) is 0.609. The van der Waals surface area contributed by atoms with Gasteiger partial charge in [-0.1, -0.05) is 6.07 Å². The summed E-state index contributed by atoms with van der Waals surface area (Å²) in [5.74, 6) is 0.422. The number of hydrogen-bond acceptors (Lipinski definition) is 1. The molecular weight excluding hydrogens is 238 g/mol. The minimum Gasteiger partial charge on any atom is -0.493 e. The van der Waals surface area contributed by atoms with E-state index in [4.69, 9.17) is 27.9 Å². The summed E-state index contributed by atoms with van der Waals surface area (Å²) in [6, 6.07) is 4.80. The second kappa shape index (κ2) is 3.84. The molecular formula is C11H11Cl2FO. The van der Waals surface area contributed by atoms with E-state index >= 15 is 0 Å². The molecule has 1 unspecified atom stereocenters. The molecule has 1 atom stereocenters. The van der Waals surface area contributed by atoms with E-state index < -0.39 is 4.33 Å². The minimum absolute atomic E-state index is 0.158. The van der Waals surface area contributed by atoms with Gasteiger partial charge in [-0.05, 0) is 25.0 Å². The fraction of sp³-hybridized carbons (Fsp3) is 0.455. The number of aryl methyl sites for hydroxylation is 1. The highest BCUT2D eigenvalue weighted by Crippen LogP contribution is 2.53. The summed E-state index contributed by atoms with van der Waals surface area (Å²) in [4.78, 5) is 0. The molecule has 1 aromatic carbocycles. The summed E-state index contributed by atoms with van der Waals surface area (Å²) in [6.45, 7) is 2.15. The van der Waals surface area contributed by atoms with Crippen molar-refractivity contribution in [1.29, 1.82) is 0 Å². The average Bonchev–Trinajstić information content (AvgIpc) is 2.77. The molecule has 2 rings (SSSR count). The first kappa shape index (κ1) is 11.0. The van der Waals surface area contributed by atoms with Crippen molar-refractivity contribution in [3.8, 4) is 5.75 Å². The third kappa shape index (κ3) is 2.56. The Morgan fingerprint density at radius 3 is 2.73 bits per heavy atom. The third-order valence-electron chi connectivity index (χ3n) is 2.55. The van der Waals surface area contributed by atoms with Crippen LogP contribution in [-0.2, 0) is 0 Å². The van der Waals surface area contributed by atoms with Gasteiger partial charge in [0.15, 0.2) is 0 Å². The average molecular weight is 249 g/mol. The molecule has 0 saturated heterocycles. The van der Waals surface area contributed by atoms with Crippen LogP contribution in [0.2, 0.25) is 0 Å². The van der Waals surface area contributed by atoms with Crippen molar-refractivity contribution >= 4 is 23.2 Å². The summed E-state index contributed by atoms with van der Waals surface area (Å²) in [6.07, 6.45) is 0.741. The Kier molecular flexibility index (Phi) is 2.82. The van der Waals surface area contributed by atoms with E-state index in [-0.39, 0.29) is 11.7 Å². The van der Waals surface area contributed by atoms with Crippen molar-refractivity contribution in [3.05, 3.63) is 29.6 Å². The summed E-state index contributed by atoms with van der Waals surface area (Å²) >= 11 is 11.7. The van der Waals surface area contributed by atoms with Crippen molar-refractivity contribution in [2.75, 3.05) is 6.61 Å². The van der Waals surface area contributed by atoms with Crippen LogP contribution in [0.5, 0.6) is 5.75 Å². The summed E-state index contributed by atoms with van der Waals surface area (Å²) in [5, 5.41) is 0. The van der Waals surface area contributed by atoms with Crippen molar-refractivity contribution in [2.24, 2.45) is 5.92 Å². The van der Waals surface area contributed by atoms with Gasteiger partial charge in [-0.25, -0.2) is 4.39 Å². The summed E-state index contributed by atoms with van der Waals surface area (Å²) < 4.78 is 17.9. The number of alkyl halides is 2. The van der Waals surface area contributed by atoms with Gasteiger partial charge in [0.2, 0.25) is 0 Å². The second-order valence-corrected chi connectivity index (χ2v) is 5.43. The van der Waals surface area contributed by atoms with Crippen molar-refractivity contribution in [2.45, 2.75) is 17.7 Å². The molecule has 1 nitrogen and oxygen atoms in total. The zero-order valence-electron chi connectivity index (χ0n) is 8.27. The second-order valence-electron chi connectivity index (χ2n) is 3.88. The van der Waals surface area contributed by atoms with Crippen LogP contribution in [0.3, 0.4) is 0 Å². The Labute approximate surface area is 98.1 Å². The van der Waals surface area contributed by atoms with Gasteiger partial charge in [0.25, 0.3) is 0 Å². The van der Waals surface area contributed by atoms with Crippen LogP contribution >= 0.6 is 23.2 Å². The molecule has 1 aliphatic rings. The van der Waals surface area contributed by atoms with Crippen LogP contribution < -0.4 is 4.74 Å². The Balaban J connectivity index is 1.92. The van der Waals surface area contributed by atoms with E-state index in [1.807, 2.05) is 0 Å². The zero-order chi connectivity index (χ0) is 11.1. The van der Waals surface area contributed by atoms with Crippen LogP contribution in [0.4, 0.5) is 4.39 Å². The molecule has 1 aromatic rings. The van der Waals surface area contributed by atoms with Crippen molar-refractivity contribution < 1.29 is 9.13 Å². The highest BCUT2D eigenvalue weighted by atomic mass is 35.5. The number of ether oxygens (including phenoxy) is 1. The maximum atomic E-state index is 13.1. The minimum atomic E-state index is -0.636. The fourth-order valence-electron chi connectivity index (χ4n) is 1.31. The molecule has 15 heavy (non-hydrogen) atoms. The number of halogens is 3. The van der Waals surface area contributed by atoms with Gasteiger partial charge in [-0.15, -0.1) is 23.2 Å². The van der Waals surface area contributed by atoms with Gasteiger partial charge < -0.3 is 4.74 Å². The highest BCUT2D eigenvalue weighted by molar-refractivity contribution is 6.50. The van der Waals surface area contributed by atoms with Crippen molar-refractivity contribution in [1.82, 2.24) is 0 Å². The molecule has 1 saturated carbocycles. The molecule has 0 aliphatic heterocycles. The van der Waals surface area contributed by atoms with Gasteiger partial charge in [0, 0.05) is 12.0 Å². The fourth-order valence-corrected chi connectivity index (χ4v) is 1.81. The third-order valence-corrected chi connectivity index (χ3v) is 3.48. The first-order valence-electron chi connectivity index (χ1n) is 4.76. The molecule has 0 N–H and O–H groups in total. The normalized spacial score (nSPS) is 22.5. The summed E-state index contributed by atoms with van der Waals surface area (Å²) in [7, 11) is 0. The quantitative estimate of drug-likeness (QED) is 0.742. The molecule has 1 fully saturated rings. The molecule has 0 spiro atoms. The van der Waals surface area contributed by atoms with Crippen LogP contribution in [0, 0.1) is 18.7 Å². The molecule has 0 amide bonds. The van der Waals surface area contributed by atoms with E-state index in [1.54, 1.807) is 19.1 Å². The topological polar surface area (TPSA) is 9.23 Å². The van der Waals surface area contributed by atoms with Gasteiger partial charge in [0.1, 0.15) is 15.9 Å². The van der Waals surface area contributed by atoms with Gasteiger partial charge >= 0.3 is 0 Å². The lowest BCUT2D eigenvalue weighted by Crippen LogP contribution is -2.04. The molecule has 1 aliphatic carbocycles. The first-order valence-corrected chi connectivity index (χ1v) is 5.51. The van der Waals surface area contributed by atoms with E-state index in [0.717, 1.165) is 6.42 Å².